The molecule has 4 nitrogen and oxygen atoms in total. The molecule has 1 N–H and O–H groups in total. The fourth-order valence-corrected chi connectivity index (χ4v) is 3.26. The highest BCUT2D eigenvalue weighted by molar-refractivity contribution is 6.30. The van der Waals surface area contributed by atoms with Crippen LogP contribution in [0.4, 0.5) is 10.5 Å². The molecule has 136 valence electrons. The Hall–Kier alpha value is -2.98. The van der Waals surface area contributed by atoms with Gasteiger partial charge >= 0.3 is 6.03 Å². The standard InChI is InChI=1S/C22H19ClN2O2/c23-18-9-11-19(12-10-18)25-14-21(24-22(25)26)17-7-4-8-20(13-17)27-15-16-5-2-1-3-6-16/h1-13,21H,14-15H2,(H,24,26). The average molecular weight is 379 g/mol. The van der Waals surface area contributed by atoms with Crippen molar-refractivity contribution in [1.82, 2.24) is 5.32 Å². The van der Waals surface area contributed by atoms with Crippen LogP contribution in [0.1, 0.15) is 17.2 Å². The van der Waals surface area contributed by atoms with Crippen LogP contribution < -0.4 is 15.0 Å². The van der Waals surface area contributed by atoms with Gasteiger partial charge in [0.05, 0.1) is 12.6 Å². The monoisotopic (exact) mass is 378 g/mol. The van der Waals surface area contributed by atoms with Crippen LogP contribution in [-0.4, -0.2) is 12.6 Å². The minimum Gasteiger partial charge on any atom is -0.489 e. The van der Waals surface area contributed by atoms with Crippen LogP contribution in [0, 0.1) is 0 Å². The van der Waals surface area contributed by atoms with E-state index >= 15 is 0 Å². The van der Waals surface area contributed by atoms with Gasteiger partial charge < -0.3 is 10.1 Å². The average Bonchev–Trinajstić information content (AvgIpc) is 3.10. The van der Waals surface area contributed by atoms with E-state index in [1.54, 1.807) is 17.0 Å². The van der Waals surface area contributed by atoms with Gasteiger partial charge in [-0.25, -0.2) is 4.79 Å². The predicted molar refractivity (Wildman–Crippen MR) is 107 cm³/mol. The number of urea groups is 1. The molecule has 0 spiro atoms. The Morgan fingerprint density at radius 3 is 2.56 bits per heavy atom. The Morgan fingerprint density at radius 2 is 1.78 bits per heavy atom. The molecule has 1 heterocycles. The summed E-state index contributed by atoms with van der Waals surface area (Å²) in [4.78, 5) is 14.1. The van der Waals surface area contributed by atoms with Gasteiger partial charge in [-0.15, -0.1) is 0 Å². The van der Waals surface area contributed by atoms with Gasteiger partial charge in [0, 0.05) is 10.7 Å². The van der Waals surface area contributed by atoms with E-state index in [2.05, 4.69) is 5.32 Å². The van der Waals surface area contributed by atoms with Gasteiger partial charge in [0.2, 0.25) is 0 Å². The van der Waals surface area contributed by atoms with Crippen LogP contribution >= 0.6 is 11.6 Å². The molecule has 5 heteroatoms. The smallest absolute Gasteiger partial charge is 0.322 e. The van der Waals surface area contributed by atoms with E-state index in [-0.39, 0.29) is 12.1 Å². The molecule has 0 aromatic heterocycles. The van der Waals surface area contributed by atoms with E-state index in [1.165, 1.54) is 0 Å². The van der Waals surface area contributed by atoms with Crippen molar-refractivity contribution in [2.45, 2.75) is 12.6 Å². The summed E-state index contributed by atoms with van der Waals surface area (Å²) in [5.41, 5.74) is 2.97. The first kappa shape index (κ1) is 17.4. The van der Waals surface area contributed by atoms with Crippen LogP contribution in [-0.2, 0) is 6.61 Å². The number of carbonyl (C=O) groups excluding carboxylic acids is 1. The molecule has 1 atom stereocenters. The number of anilines is 1. The first-order chi connectivity index (χ1) is 13.2. The zero-order valence-corrected chi connectivity index (χ0v) is 15.4. The number of amides is 2. The molecule has 0 radical (unpaired) electrons. The Bertz CT molecular complexity index is 929. The lowest BCUT2D eigenvalue weighted by Gasteiger charge is -2.15. The van der Waals surface area contributed by atoms with Crippen molar-refractivity contribution in [3.8, 4) is 5.75 Å². The minimum absolute atomic E-state index is 0.0894. The van der Waals surface area contributed by atoms with Crippen LogP contribution in [0.15, 0.2) is 78.9 Å². The first-order valence-electron chi connectivity index (χ1n) is 8.79. The summed E-state index contributed by atoms with van der Waals surface area (Å²) >= 11 is 5.94. The number of ether oxygens (including phenoxy) is 1. The van der Waals surface area contributed by atoms with Crippen molar-refractivity contribution in [3.63, 3.8) is 0 Å². The molecule has 0 aliphatic carbocycles. The van der Waals surface area contributed by atoms with E-state index in [0.29, 0.717) is 18.2 Å². The number of rotatable bonds is 5. The summed E-state index contributed by atoms with van der Waals surface area (Å²) in [5, 5.41) is 3.68. The number of hydrogen-bond donors (Lipinski definition) is 1. The predicted octanol–water partition coefficient (Wildman–Crippen LogP) is 5.19. The van der Waals surface area contributed by atoms with Crippen molar-refractivity contribution in [3.05, 3.63) is 95.0 Å². The van der Waals surface area contributed by atoms with Crippen molar-refractivity contribution >= 4 is 23.3 Å². The maximum absolute atomic E-state index is 12.4. The van der Waals surface area contributed by atoms with Crippen LogP contribution in [0.2, 0.25) is 5.02 Å². The van der Waals surface area contributed by atoms with E-state index in [0.717, 1.165) is 22.6 Å². The Kier molecular flexibility index (Phi) is 4.99. The van der Waals surface area contributed by atoms with E-state index < -0.39 is 0 Å². The lowest BCUT2D eigenvalue weighted by molar-refractivity contribution is 0.251. The van der Waals surface area contributed by atoms with Gasteiger partial charge in [0.25, 0.3) is 0 Å². The zero-order chi connectivity index (χ0) is 18.6. The van der Waals surface area contributed by atoms with Crippen LogP contribution in [0.5, 0.6) is 5.75 Å². The summed E-state index contributed by atoms with van der Waals surface area (Å²) < 4.78 is 5.90. The second-order valence-corrected chi connectivity index (χ2v) is 6.87. The fourth-order valence-electron chi connectivity index (χ4n) is 3.13. The lowest BCUT2D eigenvalue weighted by atomic mass is 10.1. The Labute approximate surface area is 163 Å². The number of carbonyl (C=O) groups is 1. The molecule has 0 saturated carbocycles. The van der Waals surface area contributed by atoms with Gasteiger partial charge in [-0.1, -0.05) is 54.1 Å². The Morgan fingerprint density at radius 1 is 1.00 bits per heavy atom. The van der Waals surface area contributed by atoms with Gasteiger partial charge in [-0.05, 0) is 47.5 Å². The van der Waals surface area contributed by atoms with E-state index in [1.807, 2.05) is 66.7 Å². The molecule has 1 saturated heterocycles. The van der Waals surface area contributed by atoms with E-state index in [4.69, 9.17) is 16.3 Å². The van der Waals surface area contributed by atoms with Crippen molar-refractivity contribution in [2.75, 3.05) is 11.4 Å². The molecule has 3 aromatic rings. The van der Waals surface area contributed by atoms with Gasteiger partial charge in [-0.3, -0.25) is 4.90 Å². The quantitative estimate of drug-likeness (QED) is 0.663. The highest BCUT2D eigenvalue weighted by Gasteiger charge is 2.30. The van der Waals surface area contributed by atoms with Crippen LogP contribution in [0.3, 0.4) is 0 Å². The van der Waals surface area contributed by atoms with E-state index in [9.17, 15) is 4.79 Å². The Balaban J connectivity index is 1.46. The van der Waals surface area contributed by atoms with Crippen molar-refractivity contribution < 1.29 is 9.53 Å². The maximum Gasteiger partial charge on any atom is 0.322 e. The molecule has 1 fully saturated rings. The summed E-state index contributed by atoms with van der Waals surface area (Å²) in [5.74, 6) is 0.788. The normalized spacial score (nSPS) is 16.3. The summed E-state index contributed by atoms with van der Waals surface area (Å²) in [6.07, 6.45) is 0. The number of nitrogens with zero attached hydrogens (tertiary/aromatic N) is 1. The summed E-state index contributed by atoms with van der Waals surface area (Å²) in [6, 6.07) is 25.0. The largest absolute Gasteiger partial charge is 0.489 e. The molecule has 1 aliphatic rings. The number of halogens is 1. The molecular weight excluding hydrogens is 360 g/mol. The molecule has 0 bridgehead atoms. The molecule has 1 aliphatic heterocycles. The fraction of sp³-hybridized carbons (Fsp3) is 0.136. The number of benzene rings is 3. The summed E-state index contributed by atoms with van der Waals surface area (Å²) in [6.45, 7) is 1.07. The second kappa shape index (κ2) is 7.72. The molecular formula is C22H19ClN2O2. The highest BCUT2D eigenvalue weighted by atomic mass is 35.5. The van der Waals surface area contributed by atoms with Crippen LogP contribution in [0.25, 0.3) is 0 Å². The SMILES string of the molecule is O=C1NC(c2cccc(OCc3ccccc3)c2)CN1c1ccc(Cl)cc1. The van der Waals surface area contributed by atoms with Crippen molar-refractivity contribution in [2.24, 2.45) is 0 Å². The lowest BCUT2D eigenvalue weighted by Crippen LogP contribution is -2.27. The second-order valence-electron chi connectivity index (χ2n) is 6.44. The molecule has 4 rings (SSSR count). The molecule has 2 amide bonds. The minimum atomic E-state index is -0.113. The first-order valence-corrected chi connectivity index (χ1v) is 9.17. The number of nitrogens with one attached hydrogen (secondary N) is 1. The maximum atomic E-state index is 12.4. The third-order valence-corrected chi connectivity index (χ3v) is 4.81. The molecule has 3 aromatic carbocycles. The van der Waals surface area contributed by atoms with Gasteiger partial charge in [0.15, 0.2) is 0 Å². The van der Waals surface area contributed by atoms with Crippen molar-refractivity contribution in [1.29, 1.82) is 0 Å². The molecule has 27 heavy (non-hydrogen) atoms. The van der Waals surface area contributed by atoms with Gasteiger partial charge in [-0.2, -0.15) is 0 Å². The third-order valence-electron chi connectivity index (χ3n) is 4.56. The summed E-state index contributed by atoms with van der Waals surface area (Å²) in [7, 11) is 0. The number of hydrogen-bond acceptors (Lipinski definition) is 2. The topological polar surface area (TPSA) is 41.6 Å². The highest BCUT2D eigenvalue weighted by Crippen LogP contribution is 2.28. The molecule has 1 unspecified atom stereocenters. The zero-order valence-electron chi connectivity index (χ0n) is 14.6. The van der Waals surface area contributed by atoms with Gasteiger partial charge in [0.1, 0.15) is 12.4 Å². The third kappa shape index (κ3) is 4.07.